The molecule has 1 saturated heterocycles. The van der Waals surface area contributed by atoms with E-state index in [9.17, 15) is 5.11 Å². The molecule has 0 spiro atoms. The van der Waals surface area contributed by atoms with Crippen LogP contribution in [0.25, 0.3) is 0 Å². The molecule has 0 radical (unpaired) electrons. The molecule has 2 aromatic rings. The second-order valence-corrected chi connectivity index (χ2v) is 12.2. The van der Waals surface area contributed by atoms with Gasteiger partial charge in [0.1, 0.15) is 17.7 Å². The van der Waals surface area contributed by atoms with Crippen LogP contribution in [-0.2, 0) is 4.74 Å². The van der Waals surface area contributed by atoms with Crippen LogP contribution in [0.5, 0.6) is 0 Å². The molecule has 5 unspecified atom stereocenters. The van der Waals surface area contributed by atoms with Crippen LogP contribution in [0.4, 0.5) is 11.4 Å². The van der Waals surface area contributed by atoms with Crippen LogP contribution >= 0.6 is 0 Å². The summed E-state index contributed by atoms with van der Waals surface area (Å²) in [5.74, 6) is 1.82. The van der Waals surface area contributed by atoms with Gasteiger partial charge >= 0.3 is 0 Å². The first-order valence-electron chi connectivity index (χ1n) is 14.5. The number of aliphatic imine (C=N–C) groups is 3. The summed E-state index contributed by atoms with van der Waals surface area (Å²) >= 11 is 0. The lowest BCUT2D eigenvalue weighted by molar-refractivity contribution is -0.00427. The molecule has 6 rings (SSSR count). The van der Waals surface area contributed by atoms with Crippen LogP contribution in [0.15, 0.2) is 63.5 Å². The number of nitrogens with one attached hydrogen (secondary N) is 1. The molecule has 10 heteroatoms. The molecule has 0 amide bonds. The summed E-state index contributed by atoms with van der Waals surface area (Å²) in [6.07, 6.45) is 1.93. The molecule has 0 aliphatic carbocycles. The van der Waals surface area contributed by atoms with E-state index in [0.29, 0.717) is 37.3 Å². The highest BCUT2D eigenvalue weighted by atomic mass is 16.5. The van der Waals surface area contributed by atoms with E-state index in [-0.39, 0.29) is 30.3 Å². The Kier molecular flexibility index (Phi) is 8.47. The van der Waals surface area contributed by atoms with E-state index in [1.165, 1.54) is 5.56 Å². The lowest BCUT2D eigenvalue weighted by atomic mass is 9.93. The molecular weight excluding hydrogens is 516 g/mol. The highest BCUT2D eigenvalue weighted by molar-refractivity contribution is 5.94. The Hall–Kier alpha value is -3.31. The van der Waals surface area contributed by atoms with Gasteiger partial charge in [0, 0.05) is 25.3 Å². The van der Waals surface area contributed by atoms with Crippen molar-refractivity contribution in [2.75, 3.05) is 26.3 Å². The Bertz CT molecular complexity index is 1320. The second kappa shape index (κ2) is 11.9. The van der Waals surface area contributed by atoms with Crippen molar-refractivity contribution in [1.82, 2.24) is 15.1 Å². The first-order valence-corrected chi connectivity index (χ1v) is 14.5. The van der Waals surface area contributed by atoms with E-state index in [0.717, 1.165) is 23.5 Å². The van der Waals surface area contributed by atoms with Gasteiger partial charge < -0.3 is 26.2 Å². The van der Waals surface area contributed by atoms with Gasteiger partial charge in [-0.3, -0.25) is 15.2 Å². The van der Waals surface area contributed by atoms with E-state index < -0.39 is 5.60 Å². The maximum atomic E-state index is 10.4. The predicted molar refractivity (Wildman–Crippen MR) is 165 cm³/mol. The Morgan fingerprint density at radius 1 is 0.976 bits per heavy atom. The number of ether oxygens (including phenoxy) is 1. The number of para-hydroxylation sites is 2. The number of β-amino-alcohol motifs (C(OH)–C–C–N with tert-alkyl or cyclic N) is 1. The monoisotopic (exact) mass is 560 g/mol. The average Bonchev–Trinajstić information content (AvgIpc) is 3.49. The summed E-state index contributed by atoms with van der Waals surface area (Å²) in [6, 6.07) is 16.5. The number of aliphatic hydroxyl groups is 1. The largest absolute Gasteiger partial charge is 0.389 e. The van der Waals surface area contributed by atoms with E-state index in [2.05, 4.69) is 62.1 Å². The Morgan fingerprint density at radius 3 is 2.20 bits per heavy atom. The number of nitrogens with zero attached hydrogens (tertiary/aromatic N) is 5. The van der Waals surface area contributed by atoms with Crippen LogP contribution in [-0.4, -0.2) is 83.1 Å². The molecule has 5 atom stereocenters. The minimum absolute atomic E-state index is 0.00344. The normalized spacial score (nSPS) is 26.4. The van der Waals surface area contributed by atoms with E-state index in [1.54, 1.807) is 0 Å². The number of benzene rings is 2. The topological polar surface area (TPSA) is 137 Å². The standard InChI is InChI=1S/C17H26N4O2.C14H18N4/c1-4-23-9-13-20-14-15(21(13)10-17(2,3)22)11-7-5-6-8-12(11)19-16(14)18;1-9(2)7-18-8-16-12-13(18)10-5-3-4-6-11(10)17-14(12)15/h5-8,13-15,20,22H,4,9-10H2,1-3H3,(H2,18,19);3-6,8-9,12-13H,7H2,1-2H3,(H2,15,17). The van der Waals surface area contributed by atoms with Gasteiger partial charge in [-0.05, 0) is 44.4 Å². The zero-order chi connectivity index (χ0) is 29.3. The van der Waals surface area contributed by atoms with Crippen molar-refractivity contribution in [3.8, 4) is 0 Å². The van der Waals surface area contributed by atoms with Crippen LogP contribution in [0.1, 0.15) is 57.8 Å². The smallest absolute Gasteiger partial charge is 0.133 e. The molecule has 0 saturated carbocycles. The molecule has 4 aliphatic heterocycles. The summed E-state index contributed by atoms with van der Waals surface area (Å²) in [7, 11) is 0. The zero-order valence-corrected chi connectivity index (χ0v) is 24.7. The first kappa shape index (κ1) is 29.2. The van der Waals surface area contributed by atoms with Gasteiger partial charge in [0.2, 0.25) is 0 Å². The van der Waals surface area contributed by atoms with Gasteiger partial charge in [-0.2, -0.15) is 0 Å². The number of rotatable bonds is 7. The van der Waals surface area contributed by atoms with E-state index in [1.807, 2.05) is 57.4 Å². The van der Waals surface area contributed by atoms with Crippen LogP contribution in [0.2, 0.25) is 0 Å². The number of amidine groups is 2. The summed E-state index contributed by atoms with van der Waals surface area (Å²) in [5.41, 5.74) is 15.7. The lowest BCUT2D eigenvalue weighted by Gasteiger charge is -2.36. The van der Waals surface area contributed by atoms with E-state index in [4.69, 9.17) is 16.2 Å². The fourth-order valence-corrected chi connectivity index (χ4v) is 6.17. The van der Waals surface area contributed by atoms with Crippen molar-refractivity contribution in [3.05, 3.63) is 59.7 Å². The molecule has 4 aliphatic rings. The van der Waals surface area contributed by atoms with E-state index >= 15 is 0 Å². The quantitative estimate of drug-likeness (QED) is 0.408. The number of fused-ring (bicyclic) bond motifs is 6. The molecule has 41 heavy (non-hydrogen) atoms. The van der Waals surface area contributed by atoms with Gasteiger partial charge in [-0.1, -0.05) is 50.2 Å². The maximum absolute atomic E-state index is 10.4. The molecule has 4 heterocycles. The zero-order valence-electron chi connectivity index (χ0n) is 24.7. The lowest BCUT2D eigenvalue weighted by Crippen LogP contribution is -2.47. The Morgan fingerprint density at radius 2 is 1.59 bits per heavy atom. The number of hydrogen-bond acceptors (Lipinski definition) is 10. The van der Waals surface area contributed by atoms with Crippen molar-refractivity contribution < 1.29 is 9.84 Å². The molecule has 0 aromatic heterocycles. The van der Waals surface area contributed by atoms with Gasteiger partial charge in [0.25, 0.3) is 0 Å². The third-order valence-electron chi connectivity index (χ3n) is 7.73. The average molecular weight is 561 g/mol. The third-order valence-corrected chi connectivity index (χ3v) is 7.73. The molecule has 6 N–H and O–H groups in total. The van der Waals surface area contributed by atoms with Crippen LogP contribution < -0.4 is 16.8 Å². The summed E-state index contributed by atoms with van der Waals surface area (Å²) < 4.78 is 5.62. The first-order chi connectivity index (χ1) is 19.6. The number of nitrogens with two attached hydrogens (primary N) is 2. The molecule has 0 bridgehead atoms. The SMILES string of the molecule is CC(C)CN1C=NC2C(N)=Nc3ccccc3C21.CCOCC1NC2C(N)=Nc3ccccc3C2N1CC(C)(C)O. The minimum atomic E-state index is -0.806. The Balaban J connectivity index is 0.000000169. The van der Waals surface area contributed by atoms with Gasteiger partial charge in [0.05, 0.1) is 54.2 Å². The summed E-state index contributed by atoms with van der Waals surface area (Å²) in [5, 5.41) is 13.9. The molecule has 1 fully saturated rings. The second-order valence-electron chi connectivity index (χ2n) is 12.2. The summed E-state index contributed by atoms with van der Waals surface area (Å²) in [4.78, 5) is 18.0. The highest BCUT2D eigenvalue weighted by Gasteiger charge is 2.47. The fourth-order valence-electron chi connectivity index (χ4n) is 6.17. The van der Waals surface area contributed by atoms with Crippen LogP contribution in [0, 0.1) is 5.92 Å². The van der Waals surface area contributed by atoms with Crippen LogP contribution in [0.3, 0.4) is 0 Å². The van der Waals surface area contributed by atoms with Crippen molar-refractivity contribution in [2.45, 2.75) is 70.6 Å². The van der Waals surface area contributed by atoms with Gasteiger partial charge in [0.15, 0.2) is 0 Å². The highest BCUT2D eigenvalue weighted by Crippen LogP contribution is 2.41. The third kappa shape index (κ3) is 6.16. The van der Waals surface area contributed by atoms with Crippen molar-refractivity contribution in [2.24, 2.45) is 32.4 Å². The minimum Gasteiger partial charge on any atom is -0.389 e. The summed E-state index contributed by atoms with van der Waals surface area (Å²) in [6.45, 7) is 12.8. The van der Waals surface area contributed by atoms with Crippen molar-refractivity contribution in [1.29, 1.82) is 0 Å². The molecule has 220 valence electrons. The van der Waals surface area contributed by atoms with Gasteiger partial charge in [-0.25, -0.2) is 9.98 Å². The molecule has 2 aromatic carbocycles. The fraction of sp³-hybridized carbons (Fsp3) is 0.516. The molecule has 10 nitrogen and oxygen atoms in total. The predicted octanol–water partition coefficient (Wildman–Crippen LogP) is 3.24. The number of hydrogen-bond donors (Lipinski definition) is 4. The van der Waals surface area contributed by atoms with Crippen molar-refractivity contribution >= 4 is 29.4 Å². The maximum Gasteiger partial charge on any atom is 0.133 e. The molecular formula is C31H44N8O2. The Labute approximate surface area is 243 Å². The van der Waals surface area contributed by atoms with Gasteiger partial charge in [-0.15, -0.1) is 0 Å². The van der Waals surface area contributed by atoms with Crippen molar-refractivity contribution in [3.63, 3.8) is 0 Å².